The Kier molecular flexibility index (Phi) is 5.47. The highest BCUT2D eigenvalue weighted by Gasteiger charge is 2.11. The van der Waals surface area contributed by atoms with Crippen LogP contribution < -0.4 is 10.6 Å². The standard InChI is InChI=1S/C13H25N5O/c1-10(2)6-14-12(19)9-18-8-11(16-17-18)7-15-13(3,4)5/h8,10,15H,6-7,9H2,1-5H3,(H,14,19). The van der Waals surface area contributed by atoms with Crippen molar-refractivity contribution in [2.75, 3.05) is 6.54 Å². The predicted octanol–water partition coefficient (Wildman–Crippen LogP) is 0.938. The molecule has 2 N–H and O–H groups in total. The molecule has 6 nitrogen and oxygen atoms in total. The number of rotatable bonds is 6. The first-order chi connectivity index (χ1) is 8.76. The molecule has 0 unspecified atom stereocenters. The third-order valence-corrected chi connectivity index (χ3v) is 2.40. The minimum atomic E-state index is -0.0334. The van der Waals surface area contributed by atoms with Crippen LogP contribution in [0.5, 0.6) is 0 Å². The Labute approximate surface area is 115 Å². The molecule has 0 radical (unpaired) electrons. The van der Waals surface area contributed by atoms with Gasteiger partial charge in [0.15, 0.2) is 0 Å². The Morgan fingerprint density at radius 3 is 2.68 bits per heavy atom. The van der Waals surface area contributed by atoms with E-state index < -0.39 is 0 Å². The molecule has 108 valence electrons. The van der Waals surface area contributed by atoms with E-state index in [1.807, 2.05) is 0 Å². The molecule has 0 aromatic carbocycles. The normalized spacial score (nSPS) is 11.9. The summed E-state index contributed by atoms with van der Waals surface area (Å²) in [7, 11) is 0. The smallest absolute Gasteiger partial charge is 0.241 e. The second-order valence-corrected chi connectivity index (χ2v) is 6.21. The average molecular weight is 267 g/mol. The zero-order chi connectivity index (χ0) is 14.5. The summed E-state index contributed by atoms with van der Waals surface area (Å²) in [5, 5.41) is 14.2. The fourth-order valence-corrected chi connectivity index (χ4v) is 1.37. The Morgan fingerprint density at radius 2 is 2.11 bits per heavy atom. The van der Waals surface area contributed by atoms with Crippen LogP contribution in [0.2, 0.25) is 0 Å². The summed E-state index contributed by atoms with van der Waals surface area (Å²) in [6.07, 6.45) is 1.80. The van der Waals surface area contributed by atoms with E-state index in [1.165, 1.54) is 0 Å². The summed E-state index contributed by atoms with van der Waals surface area (Å²) >= 11 is 0. The molecular formula is C13H25N5O. The molecule has 1 amide bonds. The zero-order valence-electron chi connectivity index (χ0n) is 12.5. The Bertz CT molecular complexity index is 405. The van der Waals surface area contributed by atoms with Gasteiger partial charge in [0.25, 0.3) is 0 Å². The van der Waals surface area contributed by atoms with E-state index in [1.54, 1.807) is 10.9 Å². The van der Waals surface area contributed by atoms with Gasteiger partial charge in [0.1, 0.15) is 6.54 Å². The van der Waals surface area contributed by atoms with Gasteiger partial charge in [-0.2, -0.15) is 0 Å². The Morgan fingerprint density at radius 1 is 1.42 bits per heavy atom. The van der Waals surface area contributed by atoms with Gasteiger partial charge in [-0.3, -0.25) is 4.79 Å². The van der Waals surface area contributed by atoms with Gasteiger partial charge in [-0.15, -0.1) is 5.10 Å². The molecular weight excluding hydrogens is 242 g/mol. The van der Waals surface area contributed by atoms with Crippen molar-refractivity contribution >= 4 is 5.91 Å². The van der Waals surface area contributed by atoms with Crippen molar-refractivity contribution in [2.24, 2.45) is 5.92 Å². The fraction of sp³-hybridized carbons (Fsp3) is 0.769. The van der Waals surface area contributed by atoms with E-state index in [0.717, 1.165) is 5.69 Å². The van der Waals surface area contributed by atoms with Crippen molar-refractivity contribution < 1.29 is 4.79 Å². The molecule has 0 bridgehead atoms. The number of aromatic nitrogens is 3. The summed E-state index contributed by atoms with van der Waals surface area (Å²) in [5.74, 6) is 0.417. The van der Waals surface area contributed by atoms with Gasteiger partial charge in [0, 0.05) is 18.6 Å². The first-order valence-electron chi connectivity index (χ1n) is 6.67. The quantitative estimate of drug-likeness (QED) is 0.804. The number of hydrogen-bond donors (Lipinski definition) is 2. The number of nitrogens with zero attached hydrogens (tertiary/aromatic N) is 3. The van der Waals surface area contributed by atoms with E-state index in [-0.39, 0.29) is 18.0 Å². The van der Waals surface area contributed by atoms with E-state index in [0.29, 0.717) is 19.0 Å². The van der Waals surface area contributed by atoms with Crippen molar-refractivity contribution in [3.63, 3.8) is 0 Å². The van der Waals surface area contributed by atoms with E-state index in [4.69, 9.17) is 0 Å². The van der Waals surface area contributed by atoms with Gasteiger partial charge >= 0.3 is 0 Å². The van der Waals surface area contributed by atoms with Gasteiger partial charge in [-0.05, 0) is 26.7 Å². The van der Waals surface area contributed by atoms with Crippen LogP contribution in [0.25, 0.3) is 0 Å². The maximum absolute atomic E-state index is 11.6. The molecule has 1 aromatic rings. The summed E-state index contributed by atoms with van der Waals surface area (Å²) in [4.78, 5) is 11.6. The van der Waals surface area contributed by atoms with E-state index in [9.17, 15) is 4.79 Å². The van der Waals surface area contributed by atoms with Crippen LogP contribution >= 0.6 is 0 Å². The average Bonchev–Trinajstić information content (AvgIpc) is 2.70. The lowest BCUT2D eigenvalue weighted by Gasteiger charge is -2.19. The fourth-order valence-electron chi connectivity index (χ4n) is 1.37. The molecule has 0 spiro atoms. The maximum atomic E-state index is 11.6. The molecule has 0 aliphatic rings. The molecule has 0 saturated carbocycles. The van der Waals surface area contributed by atoms with E-state index >= 15 is 0 Å². The summed E-state index contributed by atoms with van der Waals surface area (Å²) < 4.78 is 1.56. The SMILES string of the molecule is CC(C)CNC(=O)Cn1cc(CNC(C)(C)C)nn1. The summed E-state index contributed by atoms with van der Waals surface area (Å²) in [5.41, 5.74) is 0.880. The minimum absolute atomic E-state index is 0.0334. The van der Waals surface area contributed by atoms with Gasteiger partial charge in [-0.1, -0.05) is 19.1 Å². The van der Waals surface area contributed by atoms with Crippen LogP contribution in [0.4, 0.5) is 0 Å². The first-order valence-corrected chi connectivity index (χ1v) is 6.67. The number of nitrogens with one attached hydrogen (secondary N) is 2. The van der Waals surface area contributed by atoms with Gasteiger partial charge in [0.05, 0.1) is 11.9 Å². The third-order valence-electron chi connectivity index (χ3n) is 2.40. The van der Waals surface area contributed by atoms with Crippen LogP contribution in [0.1, 0.15) is 40.3 Å². The Hall–Kier alpha value is -1.43. The zero-order valence-corrected chi connectivity index (χ0v) is 12.5. The molecule has 0 atom stereocenters. The number of carbonyl (C=O) groups is 1. The lowest BCUT2D eigenvalue weighted by Crippen LogP contribution is -2.35. The molecule has 0 fully saturated rings. The largest absolute Gasteiger partial charge is 0.354 e. The topological polar surface area (TPSA) is 71.8 Å². The summed E-state index contributed by atoms with van der Waals surface area (Å²) in [6.45, 7) is 12.0. The molecule has 0 aliphatic heterocycles. The van der Waals surface area contributed by atoms with Crippen LogP contribution in [-0.2, 0) is 17.9 Å². The molecule has 0 aliphatic carbocycles. The second-order valence-electron chi connectivity index (χ2n) is 6.21. The van der Waals surface area contributed by atoms with Gasteiger partial charge in [0.2, 0.25) is 5.91 Å². The summed E-state index contributed by atoms with van der Waals surface area (Å²) in [6, 6.07) is 0. The number of hydrogen-bond acceptors (Lipinski definition) is 4. The lowest BCUT2D eigenvalue weighted by atomic mass is 10.1. The molecule has 1 aromatic heterocycles. The van der Waals surface area contributed by atoms with Crippen LogP contribution in [0.3, 0.4) is 0 Å². The van der Waals surface area contributed by atoms with Crippen molar-refractivity contribution in [3.05, 3.63) is 11.9 Å². The molecule has 1 heterocycles. The van der Waals surface area contributed by atoms with Crippen molar-refractivity contribution in [2.45, 2.75) is 53.2 Å². The highest BCUT2D eigenvalue weighted by molar-refractivity contribution is 5.75. The van der Waals surface area contributed by atoms with Crippen molar-refractivity contribution in [1.29, 1.82) is 0 Å². The molecule has 19 heavy (non-hydrogen) atoms. The van der Waals surface area contributed by atoms with Crippen molar-refractivity contribution in [1.82, 2.24) is 25.6 Å². The van der Waals surface area contributed by atoms with Gasteiger partial charge in [-0.25, -0.2) is 4.68 Å². The molecule has 1 rings (SSSR count). The van der Waals surface area contributed by atoms with E-state index in [2.05, 4.69) is 55.6 Å². The third kappa shape index (κ3) is 6.91. The maximum Gasteiger partial charge on any atom is 0.241 e. The first kappa shape index (κ1) is 15.6. The predicted molar refractivity (Wildman–Crippen MR) is 74.5 cm³/mol. The van der Waals surface area contributed by atoms with Gasteiger partial charge < -0.3 is 10.6 Å². The highest BCUT2D eigenvalue weighted by Crippen LogP contribution is 2.01. The number of carbonyl (C=O) groups excluding carboxylic acids is 1. The highest BCUT2D eigenvalue weighted by atomic mass is 16.2. The Balaban J connectivity index is 2.40. The van der Waals surface area contributed by atoms with Crippen LogP contribution in [0.15, 0.2) is 6.20 Å². The van der Waals surface area contributed by atoms with Crippen LogP contribution in [-0.4, -0.2) is 33.0 Å². The number of amides is 1. The monoisotopic (exact) mass is 267 g/mol. The lowest BCUT2D eigenvalue weighted by molar-refractivity contribution is -0.122. The molecule has 6 heteroatoms. The van der Waals surface area contributed by atoms with Crippen molar-refractivity contribution in [3.8, 4) is 0 Å². The van der Waals surface area contributed by atoms with Crippen LogP contribution in [0, 0.1) is 5.92 Å². The molecule has 0 saturated heterocycles. The second kappa shape index (κ2) is 6.65. The minimum Gasteiger partial charge on any atom is -0.354 e.